The van der Waals surface area contributed by atoms with Crippen LogP contribution in [0.15, 0.2) is 0 Å². The summed E-state index contributed by atoms with van der Waals surface area (Å²) in [4.78, 5) is 43.5. The molecule has 0 aromatic rings. The smallest absolute Gasteiger partial charge is 0.318 e. The molecule has 1 rings (SSSR count). The van der Waals surface area contributed by atoms with E-state index in [0.717, 1.165) is 7.11 Å². The average molecular weight is 214 g/mol. The van der Waals surface area contributed by atoms with Gasteiger partial charge >= 0.3 is 17.9 Å². The van der Waals surface area contributed by atoms with Crippen molar-refractivity contribution in [3.05, 3.63) is 0 Å². The Balaban J connectivity index is 2.79. The number of aldehydes is 1. The van der Waals surface area contributed by atoms with Crippen LogP contribution in [0.1, 0.15) is 12.8 Å². The lowest BCUT2D eigenvalue weighted by Gasteiger charge is -2.14. The van der Waals surface area contributed by atoms with Gasteiger partial charge in [-0.05, 0) is 0 Å². The molecule has 1 aliphatic rings. The lowest BCUT2D eigenvalue weighted by atomic mass is 9.89. The largest absolute Gasteiger partial charge is 0.469 e. The van der Waals surface area contributed by atoms with Gasteiger partial charge in [0.1, 0.15) is 6.29 Å². The van der Waals surface area contributed by atoms with Gasteiger partial charge in [-0.25, -0.2) is 0 Å². The van der Waals surface area contributed by atoms with E-state index in [-0.39, 0.29) is 12.8 Å². The normalized spacial score (nSPS) is 22.1. The number of hydrogen-bond acceptors (Lipinski definition) is 6. The predicted octanol–water partition coefficient (Wildman–Crippen LogP) is -0.546. The lowest BCUT2D eigenvalue weighted by Crippen LogP contribution is -2.28. The van der Waals surface area contributed by atoms with E-state index in [1.54, 1.807) is 0 Å². The summed E-state index contributed by atoms with van der Waals surface area (Å²) in [5.74, 6) is -3.94. The second-order valence-electron chi connectivity index (χ2n) is 3.14. The fraction of sp³-hybridized carbons (Fsp3) is 0.556. The second-order valence-corrected chi connectivity index (χ2v) is 3.14. The first-order valence-corrected chi connectivity index (χ1v) is 4.36. The number of hydrogen-bond donors (Lipinski definition) is 0. The average Bonchev–Trinajstić information content (AvgIpc) is 2.53. The topological polar surface area (TPSA) is 86.7 Å². The number of carbonyl (C=O) groups excluding carboxylic acids is 4. The Kier molecular flexibility index (Phi) is 3.54. The van der Waals surface area contributed by atoms with Gasteiger partial charge in [-0.2, -0.15) is 0 Å². The molecule has 0 aromatic heterocycles. The molecule has 0 aromatic carbocycles. The molecule has 0 spiro atoms. The minimum absolute atomic E-state index is 0.153. The second kappa shape index (κ2) is 4.68. The molecule has 2 atom stereocenters. The standard InChI is InChI=1S/C9H10O6/c1-14-8(12)5(2-3-10)6-4-7(11)15-9(6)13/h3,5-6H,2,4H2,1H3. The Labute approximate surface area is 85.5 Å². The highest BCUT2D eigenvalue weighted by atomic mass is 16.6. The van der Waals surface area contributed by atoms with Crippen LogP contribution in [-0.4, -0.2) is 31.3 Å². The zero-order chi connectivity index (χ0) is 11.4. The van der Waals surface area contributed by atoms with Crippen LogP contribution < -0.4 is 0 Å². The molecule has 0 radical (unpaired) electrons. The third-order valence-corrected chi connectivity index (χ3v) is 2.24. The maximum atomic E-state index is 11.2. The van der Waals surface area contributed by atoms with Crippen LogP contribution in [-0.2, 0) is 28.7 Å². The van der Waals surface area contributed by atoms with Gasteiger partial charge in [-0.3, -0.25) is 14.4 Å². The van der Waals surface area contributed by atoms with Crippen LogP contribution in [0, 0.1) is 11.8 Å². The van der Waals surface area contributed by atoms with Gasteiger partial charge in [0.05, 0.1) is 25.4 Å². The molecule has 0 aliphatic carbocycles. The van der Waals surface area contributed by atoms with E-state index in [4.69, 9.17) is 0 Å². The van der Waals surface area contributed by atoms with E-state index in [0.29, 0.717) is 6.29 Å². The fourth-order valence-corrected chi connectivity index (χ4v) is 1.48. The first kappa shape index (κ1) is 11.4. The van der Waals surface area contributed by atoms with Crippen LogP contribution in [0.4, 0.5) is 0 Å². The Morgan fingerprint density at radius 1 is 1.67 bits per heavy atom. The molecule has 6 heteroatoms. The quantitative estimate of drug-likeness (QED) is 0.354. The zero-order valence-electron chi connectivity index (χ0n) is 8.10. The van der Waals surface area contributed by atoms with Crippen LogP contribution in [0.5, 0.6) is 0 Å². The molecule has 6 nitrogen and oxygen atoms in total. The number of rotatable bonds is 4. The SMILES string of the molecule is COC(=O)C(CC=O)C1CC(=O)OC1=O. The number of ether oxygens (including phenoxy) is 2. The Bertz CT molecular complexity index is 308. The van der Waals surface area contributed by atoms with E-state index in [2.05, 4.69) is 9.47 Å². The van der Waals surface area contributed by atoms with Gasteiger partial charge in [0.15, 0.2) is 0 Å². The highest BCUT2D eigenvalue weighted by Crippen LogP contribution is 2.27. The van der Waals surface area contributed by atoms with Crippen LogP contribution in [0.25, 0.3) is 0 Å². The van der Waals surface area contributed by atoms with E-state index in [1.807, 2.05) is 0 Å². The summed E-state index contributed by atoms with van der Waals surface area (Å²) in [5, 5.41) is 0. The van der Waals surface area contributed by atoms with Crippen molar-refractivity contribution in [3.63, 3.8) is 0 Å². The van der Waals surface area contributed by atoms with E-state index in [1.165, 1.54) is 0 Å². The molecule has 82 valence electrons. The third-order valence-electron chi connectivity index (χ3n) is 2.24. The molecule has 2 unspecified atom stereocenters. The van der Waals surface area contributed by atoms with Crippen molar-refractivity contribution in [1.29, 1.82) is 0 Å². The molecule has 1 saturated heterocycles. The molecule has 1 aliphatic heterocycles. The predicted molar refractivity (Wildman–Crippen MR) is 45.4 cm³/mol. The molecular weight excluding hydrogens is 204 g/mol. The Morgan fingerprint density at radius 2 is 2.33 bits per heavy atom. The first-order chi connectivity index (χ1) is 7.10. The van der Waals surface area contributed by atoms with Gasteiger partial charge in [0.2, 0.25) is 0 Å². The van der Waals surface area contributed by atoms with Crippen LogP contribution in [0.2, 0.25) is 0 Å². The zero-order valence-corrected chi connectivity index (χ0v) is 8.10. The highest BCUT2D eigenvalue weighted by Gasteiger charge is 2.42. The maximum Gasteiger partial charge on any atom is 0.318 e. The summed E-state index contributed by atoms with van der Waals surface area (Å²) >= 11 is 0. The molecule has 15 heavy (non-hydrogen) atoms. The summed E-state index contributed by atoms with van der Waals surface area (Å²) in [6, 6.07) is 0. The molecule has 0 saturated carbocycles. The van der Waals surface area contributed by atoms with Crippen LogP contribution >= 0.6 is 0 Å². The van der Waals surface area contributed by atoms with Crippen molar-refractivity contribution in [2.45, 2.75) is 12.8 Å². The lowest BCUT2D eigenvalue weighted by molar-refractivity contribution is -0.157. The number of methoxy groups -OCH3 is 1. The number of cyclic esters (lactones) is 2. The minimum Gasteiger partial charge on any atom is -0.469 e. The summed E-state index contributed by atoms with van der Waals surface area (Å²) in [6.07, 6.45) is 0.184. The molecule has 1 fully saturated rings. The minimum atomic E-state index is -0.925. The Hall–Kier alpha value is -1.72. The Morgan fingerprint density at radius 3 is 2.73 bits per heavy atom. The summed E-state index contributed by atoms with van der Waals surface area (Å²) < 4.78 is 8.74. The molecular formula is C9H10O6. The van der Waals surface area contributed by atoms with Gasteiger partial charge in [0.25, 0.3) is 0 Å². The van der Waals surface area contributed by atoms with Crippen molar-refractivity contribution in [1.82, 2.24) is 0 Å². The number of carbonyl (C=O) groups is 4. The summed E-state index contributed by atoms with van der Waals surface area (Å²) in [7, 11) is 1.16. The van der Waals surface area contributed by atoms with E-state index < -0.39 is 29.7 Å². The highest BCUT2D eigenvalue weighted by molar-refractivity contribution is 5.97. The first-order valence-electron chi connectivity index (χ1n) is 4.36. The molecule has 0 N–H and O–H groups in total. The third kappa shape index (κ3) is 2.39. The monoisotopic (exact) mass is 214 g/mol. The van der Waals surface area contributed by atoms with Crippen molar-refractivity contribution in [2.75, 3.05) is 7.11 Å². The molecule has 0 amide bonds. The van der Waals surface area contributed by atoms with Crippen molar-refractivity contribution in [3.8, 4) is 0 Å². The number of esters is 3. The van der Waals surface area contributed by atoms with Gasteiger partial charge in [-0.15, -0.1) is 0 Å². The maximum absolute atomic E-state index is 11.2. The van der Waals surface area contributed by atoms with Gasteiger partial charge in [0, 0.05) is 6.42 Å². The van der Waals surface area contributed by atoms with Crippen molar-refractivity contribution >= 4 is 24.2 Å². The van der Waals surface area contributed by atoms with E-state index >= 15 is 0 Å². The molecule has 0 bridgehead atoms. The van der Waals surface area contributed by atoms with Crippen LogP contribution in [0.3, 0.4) is 0 Å². The summed E-state index contributed by atoms with van der Waals surface area (Å²) in [5.41, 5.74) is 0. The van der Waals surface area contributed by atoms with Crippen molar-refractivity contribution < 1.29 is 28.7 Å². The summed E-state index contributed by atoms with van der Waals surface area (Å²) in [6.45, 7) is 0. The molecule has 1 heterocycles. The van der Waals surface area contributed by atoms with Gasteiger partial charge in [-0.1, -0.05) is 0 Å². The fourth-order valence-electron chi connectivity index (χ4n) is 1.48. The van der Waals surface area contributed by atoms with E-state index in [9.17, 15) is 19.2 Å². The van der Waals surface area contributed by atoms with Gasteiger partial charge < -0.3 is 14.3 Å². The van der Waals surface area contributed by atoms with Crippen molar-refractivity contribution in [2.24, 2.45) is 11.8 Å².